The third kappa shape index (κ3) is 6.86. The lowest BCUT2D eigenvalue weighted by Crippen LogP contribution is -2.51. The minimum atomic E-state index is -0.645. The largest absolute Gasteiger partial charge is 0.491 e. The van der Waals surface area contributed by atoms with E-state index in [1.54, 1.807) is 11.8 Å². The first-order valence-corrected chi connectivity index (χ1v) is 9.18. The summed E-state index contributed by atoms with van der Waals surface area (Å²) in [5, 5.41) is 2.67. The number of amides is 2. The van der Waals surface area contributed by atoms with Crippen LogP contribution in [0.3, 0.4) is 0 Å². The van der Waals surface area contributed by atoms with Crippen LogP contribution in [0.2, 0.25) is 0 Å². The van der Waals surface area contributed by atoms with Crippen LogP contribution in [0.25, 0.3) is 0 Å². The number of Topliss-reactive ketones (excluding diaryl/α,β-unsaturated/α-hetero) is 1. The van der Waals surface area contributed by atoms with Gasteiger partial charge in [-0.15, -0.1) is 0 Å². The number of morpholine rings is 1. The number of esters is 1. The van der Waals surface area contributed by atoms with Crippen LogP contribution in [0.5, 0.6) is 5.75 Å². The molecule has 1 aromatic carbocycles. The molecule has 1 heterocycles. The number of rotatable bonds is 8. The van der Waals surface area contributed by atoms with Crippen LogP contribution in [0.4, 0.5) is 9.18 Å². The van der Waals surface area contributed by atoms with Gasteiger partial charge in [0.1, 0.15) is 30.9 Å². The molecule has 0 bridgehead atoms. The van der Waals surface area contributed by atoms with Crippen molar-refractivity contribution < 1.29 is 33.0 Å². The van der Waals surface area contributed by atoms with Crippen LogP contribution < -0.4 is 10.1 Å². The first kappa shape index (κ1) is 22.4. The van der Waals surface area contributed by atoms with E-state index in [1.165, 1.54) is 19.1 Å². The second-order valence-electron chi connectivity index (χ2n) is 6.60. The van der Waals surface area contributed by atoms with Crippen molar-refractivity contribution in [2.45, 2.75) is 20.0 Å². The molecular formula is C20H25FN2O6. The summed E-state index contributed by atoms with van der Waals surface area (Å²) in [5.74, 6) is -1.23. The number of benzene rings is 1. The van der Waals surface area contributed by atoms with Gasteiger partial charge in [-0.3, -0.25) is 4.79 Å². The highest BCUT2D eigenvalue weighted by Gasteiger charge is 2.24. The Bertz CT molecular complexity index is 782. The van der Waals surface area contributed by atoms with Crippen molar-refractivity contribution in [3.63, 3.8) is 0 Å². The lowest BCUT2D eigenvalue weighted by molar-refractivity contribution is -0.138. The number of carbonyl (C=O) groups is 3. The van der Waals surface area contributed by atoms with Crippen molar-refractivity contribution in [1.82, 2.24) is 10.2 Å². The lowest BCUT2D eigenvalue weighted by atomic mass is 10.1. The molecule has 1 unspecified atom stereocenters. The van der Waals surface area contributed by atoms with Crippen LogP contribution in [-0.4, -0.2) is 68.2 Å². The van der Waals surface area contributed by atoms with E-state index in [4.69, 9.17) is 14.2 Å². The predicted octanol–water partition coefficient (Wildman–Crippen LogP) is 1.94. The Hall–Kier alpha value is -2.94. The zero-order valence-electron chi connectivity index (χ0n) is 16.5. The second kappa shape index (κ2) is 10.6. The molecular weight excluding hydrogens is 383 g/mol. The van der Waals surface area contributed by atoms with E-state index in [2.05, 4.69) is 11.9 Å². The Balaban J connectivity index is 1.76. The number of nitrogens with one attached hydrogen (secondary N) is 1. The van der Waals surface area contributed by atoms with Gasteiger partial charge < -0.3 is 24.4 Å². The summed E-state index contributed by atoms with van der Waals surface area (Å²) in [5.41, 5.74) is 0.297. The average molecular weight is 408 g/mol. The molecule has 158 valence electrons. The smallest absolute Gasteiger partial charge is 0.333 e. The average Bonchev–Trinajstić information content (AvgIpc) is 2.69. The Morgan fingerprint density at radius 2 is 2.10 bits per heavy atom. The fraction of sp³-hybridized carbons (Fsp3) is 0.450. The Morgan fingerprint density at radius 3 is 2.76 bits per heavy atom. The van der Waals surface area contributed by atoms with Crippen LogP contribution in [0, 0.1) is 5.82 Å². The molecule has 29 heavy (non-hydrogen) atoms. The number of nitrogens with zero attached hydrogens (tertiary/aromatic N) is 1. The number of hydrogen-bond acceptors (Lipinski definition) is 6. The molecule has 0 radical (unpaired) electrons. The first-order valence-electron chi connectivity index (χ1n) is 9.18. The second-order valence-corrected chi connectivity index (χ2v) is 6.60. The van der Waals surface area contributed by atoms with Crippen molar-refractivity contribution in [1.29, 1.82) is 0 Å². The monoisotopic (exact) mass is 408 g/mol. The maximum Gasteiger partial charge on any atom is 0.333 e. The van der Waals surface area contributed by atoms with Gasteiger partial charge >= 0.3 is 12.0 Å². The van der Waals surface area contributed by atoms with Gasteiger partial charge in [0.25, 0.3) is 0 Å². The SMILES string of the molecule is C=C(C)C(=O)OCCNC(=O)N1CCOC(COc2ccc(C(C)=O)c(F)c2)C1. The van der Waals surface area contributed by atoms with Crippen molar-refractivity contribution in [2.75, 3.05) is 39.5 Å². The molecule has 0 aliphatic carbocycles. The Morgan fingerprint density at radius 1 is 1.34 bits per heavy atom. The summed E-state index contributed by atoms with van der Waals surface area (Å²) >= 11 is 0. The lowest BCUT2D eigenvalue weighted by Gasteiger charge is -2.32. The van der Waals surface area contributed by atoms with Crippen LogP contribution in [0.15, 0.2) is 30.4 Å². The fourth-order valence-corrected chi connectivity index (χ4v) is 2.60. The quantitative estimate of drug-likeness (QED) is 0.306. The van der Waals surface area contributed by atoms with Gasteiger partial charge in [0.15, 0.2) is 5.78 Å². The molecule has 1 N–H and O–H groups in total. The van der Waals surface area contributed by atoms with Gasteiger partial charge in [-0.25, -0.2) is 14.0 Å². The number of ether oxygens (including phenoxy) is 3. The number of carbonyl (C=O) groups excluding carboxylic acids is 3. The minimum absolute atomic E-state index is 0.00282. The van der Waals surface area contributed by atoms with E-state index in [1.807, 2.05) is 0 Å². The van der Waals surface area contributed by atoms with Gasteiger partial charge in [-0.05, 0) is 26.0 Å². The van der Waals surface area contributed by atoms with Gasteiger partial charge in [-0.1, -0.05) is 6.58 Å². The van der Waals surface area contributed by atoms with Gasteiger partial charge in [0.2, 0.25) is 0 Å². The van der Waals surface area contributed by atoms with Gasteiger partial charge in [0.05, 0.1) is 25.3 Å². The normalized spacial score (nSPS) is 16.1. The van der Waals surface area contributed by atoms with Crippen molar-refractivity contribution >= 4 is 17.8 Å². The molecule has 1 fully saturated rings. The molecule has 1 aliphatic rings. The number of hydrogen-bond donors (Lipinski definition) is 1. The third-order valence-corrected chi connectivity index (χ3v) is 4.14. The van der Waals surface area contributed by atoms with E-state index in [0.29, 0.717) is 25.3 Å². The van der Waals surface area contributed by atoms with E-state index in [9.17, 15) is 18.8 Å². The van der Waals surface area contributed by atoms with E-state index in [-0.39, 0.29) is 49.0 Å². The Labute approximate surface area is 168 Å². The molecule has 2 amide bonds. The number of urea groups is 1. The summed E-state index contributed by atoms with van der Waals surface area (Å²) in [7, 11) is 0. The summed E-state index contributed by atoms with van der Waals surface area (Å²) < 4.78 is 29.9. The molecule has 2 rings (SSSR count). The highest BCUT2D eigenvalue weighted by Crippen LogP contribution is 2.18. The highest BCUT2D eigenvalue weighted by molar-refractivity contribution is 5.94. The first-order chi connectivity index (χ1) is 13.8. The molecule has 1 atom stereocenters. The third-order valence-electron chi connectivity index (χ3n) is 4.14. The van der Waals surface area contributed by atoms with Crippen LogP contribution in [-0.2, 0) is 14.3 Å². The molecule has 9 heteroatoms. The minimum Gasteiger partial charge on any atom is -0.491 e. The van der Waals surface area contributed by atoms with Crippen LogP contribution in [0.1, 0.15) is 24.2 Å². The topological polar surface area (TPSA) is 94.2 Å². The Kier molecular flexibility index (Phi) is 8.14. The summed E-state index contributed by atoms with van der Waals surface area (Å²) in [6.45, 7) is 7.71. The molecule has 0 saturated carbocycles. The van der Waals surface area contributed by atoms with Crippen molar-refractivity contribution in [2.24, 2.45) is 0 Å². The summed E-state index contributed by atoms with van der Waals surface area (Å²) in [6.07, 6.45) is -0.383. The molecule has 1 aromatic rings. The number of halogens is 1. The number of ketones is 1. The standard InChI is InChI=1S/C20H25FN2O6/c1-13(2)19(25)28-8-6-22-20(26)23-7-9-27-16(11-23)12-29-15-4-5-17(14(3)24)18(21)10-15/h4-5,10,16H,1,6-9,11-12H2,2-3H3,(H,22,26). The van der Waals surface area contributed by atoms with E-state index in [0.717, 1.165) is 6.07 Å². The predicted molar refractivity (Wildman–Crippen MR) is 102 cm³/mol. The van der Waals surface area contributed by atoms with Crippen molar-refractivity contribution in [3.8, 4) is 5.75 Å². The molecule has 0 spiro atoms. The zero-order chi connectivity index (χ0) is 21.4. The molecule has 1 aliphatic heterocycles. The van der Waals surface area contributed by atoms with E-state index >= 15 is 0 Å². The molecule has 8 nitrogen and oxygen atoms in total. The summed E-state index contributed by atoms with van der Waals surface area (Å²) in [6, 6.07) is 3.73. The van der Waals surface area contributed by atoms with Gasteiger partial charge in [-0.2, -0.15) is 0 Å². The molecule has 1 saturated heterocycles. The molecule has 0 aromatic heterocycles. The highest BCUT2D eigenvalue weighted by atomic mass is 19.1. The zero-order valence-corrected chi connectivity index (χ0v) is 16.5. The van der Waals surface area contributed by atoms with E-state index < -0.39 is 11.8 Å². The van der Waals surface area contributed by atoms with Crippen molar-refractivity contribution in [3.05, 3.63) is 41.7 Å². The summed E-state index contributed by atoms with van der Waals surface area (Å²) in [4.78, 5) is 36.3. The fourth-order valence-electron chi connectivity index (χ4n) is 2.60. The maximum absolute atomic E-state index is 13.8. The van der Waals surface area contributed by atoms with Gasteiger partial charge in [0, 0.05) is 18.2 Å². The maximum atomic E-state index is 13.8. The van der Waals surface area contributed by atoms with Crippen LogP contribution >= 0.6 is 0 Å².